The molecule has 1 aromatic rings. The van der Waals surface area contributed by atoms with Gasteiger partial charge in [-0.3, -0.25) is 4.99 Å². The minimum absolute atomic E-state index is 0.0355. The van der Waals surface area contributed by atoms with Gasteiger partial charge in [0.2, 0.25) is 0 Å². The van der Waals surface area contributed by atoms with Crippen molar-refractivity contribution >= 4 is 38.7 Å². The summed E-state index contributed by atoms with van der Waals surface area (Å²) in [6, 6.07) is 8.02. The van der Waals surface area contributed by atoms with Gasteiger partial charge in [-0.05, 0) is 38.0 Å². The zero-order chi connectivity index (χ0) is 13.8. The molecular weight excluding hydrogens is 330 g/mol. The Morgan fingerprint density at radius 2 is 2.00 bits per heavy atom. The summed E-state index contributed by atoms with van der Waals surface area (Å²) in [4.78, 5) is 16.3. The van der Waals surface area contributed by atoms with E-state index in [0.717, 1.165) is 10.0 Å². The van der Waals surface area contributed by atoms with Crippen LogP contribution < -0.4 is 0 Å². The normalized spacial score (nSPS) is 36.9. The first kappa shape index (κ1) is 13.1. The lowest BCUT2D eigenvalue weighted by Gasteiger charge is -2.50. The number of nitrogens with zero attached hydrogens (tertiary/aromatic N) is 1. The van der Waals surface area contributed by atoms with Gasteiger partial charge in [0.1, 0.15) is 5.17 Å². The zero-order valence-corrected chi connectivity index (χ0v) is 13.0. The first-order valence-electron chi connectivity index (χ1n) is 6.10. The number of halogens is 2. The van der Waals surface area contributed by atoms with E-state index in [1.54, 1.807) is 6.92 Å². The van der Waals surface area contributed by atoms with Crippen LogP contribution in [0.5, 0.6) is 0 Å². The van der Waals surface area contributed by atoms with Crippen molar-refractivity contribution in [2.75, 3.05) is 0 Å². The summed E-state index contributed by atoms with van der Waals surface area (Å²) in [5, 5.41) is 0.383. The molecule has 3 heterocycles. The summed E-state index contributed by atoms with van der Waals surface area (Å²) in [6.45, 7) is 3.62. The Labute approximate surface area is 125 Å². The summed E-state index contributed by atoms with van der Waals surface area (Å²) in [7, 11) is 0. The highest BCUT2D eigenvalue weighted by Crippen LogP contribution is 2.50. The number of rotatable bonds is 1. The van der Waals surface area contributed by atoms with Crippen molar-refractivity contribution in [1.29, 1.82) is 0 Å². The quantitative estimate of drug-likeness (QED) is 0.731. The largest absolute Gasteiger partial charge is 0.449 e. The van der Waals surface area contributed by atoms with Crippen molar-refractivity contribution in [3.63, 3.8) is 0 Å². The van der Waals surface area contributed by atoms with Gasteiger partial charge in [-0.15, -0.1) is 0 Å². The second-order valence-electron chi connectivity index (χ2n) is 5.48. The maximum atomic E-state index is 12.0. The van der Waals surface area contributed by atoms with Crippen molar-refractivity contribution in [2.45, 2.75) is 37.3 Å². The van der Waals surface area contributed by atoms with Crippen LogP contribution in [-0.4, -0.2) is 22.3 Å². The zero-order valence-electron chi connectivity index (χ0n) is 10.6. The van der Waals surface area contributed by atoms with Gasteiger partial charge >= 0.3 is 5.97 Å². The summed E-state index contributed by atoms with van der Waals surface area (Å²) >= 11 is 9.67. The number of carbonyl (C=O) groups is 1. The number of esters is 1. The third-order valence-electron chi connectivity index (χ3n) is 4.04. The van der Waals surface area contributed by atoms with Crippen LogP contribution in [0.4, 0.5) is 0 Å². The fourth-order valence-electron chi connectivity index (χ4n) is 2.78. The average molecular weight is 343 g/mol. The molecule has 19 heavy (non-hydrogen) atoms. The van der Waals surface area contributed by atoms with E-state index >= 15 is 0 Å². The molecular formula is C14H13BrClNO2. The number of fused-ring (bicyclic) bond motifs is 2. The number of ether oxygens (including phenoxy) is 1. The molecule has 3 aliphatic heterocycles. The van der Waals surface area contributed by atoms with Crippen LogP contribution >= 0.6 is 27.5 Å². The number of benzene rings is 1. The molecule has 0 saturated carbocycles. The molecule has 0 unspecified atom stereocenters. The molecule has 5 heteroatoms. The summed E-state index contributed by atoms with van der Waals surface area (Å²) in [5.41, 5.74) is -0.589. The second-order valence-corrected chi connectivity index (χ2v) is 6.75. The van der Waals surface area contributed by atoms with Gasteiger partial charge in [-0.2, -0.15) is 0 Å². The van der Waals surface area contributed by atoms with E-state index in [0.29, 0.717) is 11.6 Å². The van der Waals surface area contributed by atoms with E-state index in [2.05, 4.69) is 20.9 Å². The van der Waals surface area contributed by atoms with Crippen LogP contribution in [0.2, 0.25) is 0 Å². The van der Waals surface area contributed by atoms with E-state index < -0.39 is 11.1 Å². The third kappa shape index (κ3) is 1.84. The first-order chi connectivity index (χ1) is 8.85. The van der Waals surface area contributed by atoms with E-state index in [4.69, 9.17) is 16.3 Å². The lowest BCUT2D eigenvalue weighted by atomic mass is 9.70. The molecule has 0 spiro atoms. The smallest absolute Gasteiger partial charge is 0.334 e. The Balaban J connectivity index is 2.08. The average Bonchev–Trinajstić information content (AvgIpc) is 2.34. The van der Waals surface area contributed by atoms with Crippen molar-refractivity contribution in [2.24, 2.45) is 4.99 Å². The van der Waals surface area contributed by atoms with Crippen molar-refractivity contribution in [3.8, 4) is 0 Å². The topological polar surface area (TPSA) is 38.7 Å². The van der Waals surface area contributed by atoms with E-state index in [9.17, 15) is 4.79 Å². The third-order valence-corrected chi connectivity index (χ3v) is 5.03. The Morgan fingerprint density at radius 3 is 2.63 bits per heavy atom. The molecule has 4 rings (SSSR count). The highest BCUT2D eigenvalue weighted by atomic mass is 79.9. The molecule has 0 N–H and O–H groups in total. The highest BCUT2D eigenvalue weighted by Gasteiger charge is 2.59. The standard InChI is InChI=1S/C14H13BrClNO2/c1-13-7-10(8-3-5-9(15)6-4-8)14(2,11(16)17-13)19-12(13)18/h3-6,10H,7H2,1-2H3/t10-,13+,14+/m1/s1. The Kier molecular flexibility index (Phi) is 2.81. The van der Waals surface area contributed by atoms with Gasteiger partial charge in [0, 0.05) is 10.4 Å². The number of hydrogen-bond donors (Lipinski definition) is 0. The van der Waals surface area contributed by atoms with E-state index in [1.807, 2.05) is 31.2 Å². The Hall–Kier alpha value is -0.870. The summed E-state index contributed by atoms with van der Waals surface area (Å²) in [6.07, 6.45) is 0.625. The van der Waals surface area contributed by atoms with Gasteiger partial charge in [0.15, 0.2) is 11.1 Å². The molecule has 100 valence electrons. The predicted molar refractivity (Wildman–Crippen MR) is 77.7 cm³/mol. The molecule has 1 fully saturated rings. The molecule has 0 aromatic heterocycles. The van der Waals surface area contributed by atoms with Crippen LogP contribution in [0.1, 0.15) is 31.7 Å². The monoisotopic (exact) mass is 341 g/mol. The Bertz CT molecular complexity index is 586. The highest BCUT2D eigenvalue weighted by molar-refractivity contribution is 9.10. The molecule has 2 bridgehead atoms. The van der Waals surface area contributed by atoms with E-state index in [1.165, 1.54) is 0 Å². The fourth-order valence-corrected chi connectivity index (χ4v) is 3.41. The molecule has 3 aliphatic rings. The van der Waals surface area contributed by atoms with Gasteiger partial charge in [-0.1, -0.05) is 39.7 Å². The van der Waals surface area contributed by atoms with Crippen LogP contribution in [0.25, 0.3) is 0 Å². The number of hydrogen-bond acceptors (Lipinski definition) is 3. The molecule has 0 amide bonds. The van der Waals surface area contributed by atoms with Crippen molar-refractivity contribution in [3.05, 3.63) is 34.3 Å². The first-order valence-corrected chi connectivity index (χ1v) is 7.27. The van der Waals surface area contributed by atoms with Crippen LogP contribution in [0.15, 0.2) is 33.7 Å². The molecule has 3 nitrogen and oxygen atoms in total. The predicted octanol–water partition coefficient (Wildman–Crippen LogP) is 3.65. The summed E-state index contributed by atoms with van der Waals surface area (Å²) in [5.74, 6) is -0.249. The molecule has 1 saturated heterocycles. The maximum absolute atomic E-state index is 12.0. The van der Waals surface area contributed by atoms with Gasteiger partial charge in [0.05, 0.1) is 0 Å². The lowest BCUT2D eigenvalue weighted by molar-refractivity contribution is -0.170. The lowest BCUT2D eigenvalue weighted by Crippen LogP contribution is -2.60. The minimum Gasteiger partial charge on any atom is -0.449 e. The van der Waals surface area contributed by atoms with Gasteiger partial charge in [-0.25, -0.2) is 4.79 Å². The fraction of sp³-hybridized carbons (Fsp3) is 0.429. The minimum atomic E-state index is -0.855. The second kappa shape index (κ2) is 4.06. The molecule has 1 aromatic carbocycles. The molecule has 0 aliphatic carbocycles. The van der Waals surface area contributed by atoms with Gasteiger partial charge in [0.25, 0.3) is 0 Å². The van der Waals surface area contributed by atoms with Crippen molar-refractivity contribution < 1.29 is 9.53 Å². The molecule has 3 atom stereocenters. The SMILES string of the molecule is C[C@]12C[C@H](c3ccc(Br)cc3)[C@](C)(OC1=O)C(Cl)=N2. The van der Waals surface area contributed by atoms with Crippen LogP contribution in [0, 0.1) is 0 Å². The van der Waals surface area contributed by atoms with Crippen LogP contribution in [-0.2, 0) is 9.53 Å². The Morgan fingerprint density at radius 1 is 1.37 bits per heavy atom. The van der Waals surface area contributed by atoms with Crippen molar-refractivity contribution in [1.82, 2.24) is 0 Å². The number of carbonyl (C=O) groups excluding carboxylic acids is 1. The number of aliphatic imine (C=N–C) groups is 1. The van der Waals surface area contributed by atoms with Crippen LogP contribution in [0.3, 0.4) is 0 Å². The van der Waals surface area contributed by atoms with Gasteiger partial charge < -0.3 is 4.74 Å². The van der Waals surface area contributed by atoms with E-state index in [-0.39, 0.29) is 11.9 Å². The summed E-state index contributed by atoms with van der Waals surface area (Å²) < 4.78 is 6.59. The maximum Gasteiger partial charge on any atom is 0.334 e. The molecule has 0 radical (unpaired) electrons.